The predicted octanol–water partition coefficient (Wildman–Crippen LogP) is 8.22. The molecule has 0 fully saturated rings. The van der Waals surface area contributed by atoms with Crippen molar-refractivity contribution >= 4 is 104 Å². The highest BCUT2D eigenvalue weighted by Gasteiger charge is 2.23. The molecule has 0 bridgehead atoms. The van der Waals surface area contributed by atoms with E-state index < -0.39 is 47.3 Å². The van der Waals surface area contributed by atoms with Crippen LogP contribution in [0.1, 0.15) is 55.4 Å². The lowest BCUT2D eigenvalue weighted by atomic mass is 10.1. The Hall–Kier alpha value is -7.74. The minimum atomic E-state index is -0.433. The Balaban J connectivity index is 1.64. The van der Waals surface area contributed by atoms with E-state index in [1.165, 1.54) is 55.4 Å². The molecular weight excluding hydrogens is 765 g/mol. The normalized spacial score (nSPS) is 10.5. The number of carbonyl (C=O) groups excluding carboxylic acids is 8. The maximum atomic E-state index is 12.3. The predicted molar refractivity (Wildman–Crippen MR) is 231 cm³/mol. The minimum absolute atomic E-state index is 0.389. The molecule has 0 aliphatic rings. The fourth-order valence-corrected chi connectivity index (χ4v) is 6.99. The minimum Gasteiger partial charge on any atom is -0.310 e. The van der Waals surface area contributed by atoms with Crippen LogP contribution in [0.25, 0.3) is 0 Å². The van der Waals surface area contributed by atoms with Gasteiger partial charge in [-0.25, -0.2) is 0 Å². The largest absolute Gasteiger partial charge is 0.310 e. The Kier molecular flexibility index (Phi) is 13.2. The summed E-state index contributed by atoms with van der Waals surface area (Å²) in [5.74, 6) is -3.46. The van der Waals surface area contributed by atoms with Gasteiger partial charge < -0.3 is 9.80 Å². The maximum Gasteiger partial charge on any atom is 0.230 e. The highest BCUT2D eigenvalue weighted by Crippen LogP contribution is 2.41. The van der Waals surface area contributed by atoms with E-state index in [1.807, 2.05) is 34.1 Å². The Labute approximate surface area is 347 Å². The monoisotopic (exact) mass is 808 g/mol. The van der Waals surface area contributed by atoms with Crippen LogP contribution in [0.5, 0.6) is 0 Å². The fraction of sp³-hybridized carbons (Fsp3) is 0.174. The van der Waals surface area contributed by atoms with E-state index >= 15 is 0 Å². The maximum absolute atomic E-state index is 12.3. The first-order valence-electron chi connectivity index (χ1n) is 18.8. The van der Waals surface area contributed by atoms with Crippen molar-refractivity contribution in [2.24, 2.45) is 0 Å². The van der Waals surface area contributed by atoms with Gasteiger partial charge in [-0.1, -0.05) is 0 Å². The lowest BCUT2D eigenvalue weighted by Gasteiger charge is -2.29. The van der Waals surface area contributed by atoms with Crippen LogP contribution in [-0.4, -0.2) is 47.3 Å². The highest BCUT2D eigenvalue weighted by molar-refractivity contribution is 6.15. The summed E-state index contributed by atoms with van der Waals surface area (Å²) in [6.07, 6.45) is 0. The Bertz CT molecular complexity index is 2080. The van der Waals surface area contributed by atoms with Gasteiger partial charge in [-0.05, 0) is 121 Å². The van der Waals surface area contributed by atoms with E-state index in [1.54, 1.807) is 97.1 Å². The summed E-state index contributed by atoms with van der Waals surface area (Å²) >= 11 is 0. The summed E-state index contributed by atoms with van der Waals surface area (Å²) in [4.78, 5) is 107. The smallest absolute Gasteiger partial charge is 0.230 e. The number of hydrogen-bond acceptors (Lipinski definition) is 10. The second-order valence-corrected chi connectivity index (χ2v) is 13.7. The van der Waals surface area contributed by atoms with Gasteiger partial charge in [0.2, 0.25) is 47.3 Å². The van der Waals surface area contributed by atoms with E-state index in [2.05, 4.69) is 0 Å². The lowest BCUT2D eigenvalue weighted by molar-refractivity contribution is -0.125. The molecule has 14 heteroatoms. The standard InChI is InChI=1S/C46H44N6O8/c1-29(53)47(30(2)54)37-9-17-41(18-10-37)51(42-19-11-38(12-20-42)48(31(3)55)32(4)56)45-25-27-46(28-26-45)52(43-21-13-39(14-22-43)49(33(5)57)34(6)58)44-23-15-40(16-24-44)50(35(7)59)36(8)60/h9-28H,1-8H3. The molecule has 0 saturated carbocycles. The van der Waals surface area contributed by atoms with Gasteiger partial charge in [-0.15, -0.1) is 0 Å². The van der Waals surface area contributed by atoms with E-state index in [-0.39, 0.29) is 0 Å². The number of amides is 8. The fourth-order valence-electron chi connectivity index (χ4n) is 6.99. The van der Waals surface area contributed by atoms with Gasteiger partial charge in [-0.3, -0.25) is 58.0 Å². The molecule has 14 nitrogen and oxygen atoms in total. The molecule has 60 heavy (non-hydrogen) atoms. The lowest BCUT2D eigenvalue weighted by Crippen LogP contribution is -2.33. The van der Waals surface area contributed by atoms with Gasteiger partial charge >= 0.3 is 0 Å². The number of carbonyl (C=O) groups is 8. The molecule has 0 aliphatic carbocycles. The molecule has 0 aliphatic heterocycles. The first kappa shape index (κ1) is 43.4. The zero-order valence-electron chi connectivity index (χ0n) is 34.5. The molecule has 0 aromatic heterocycles. The molecule has 0 atom stereocenters. The number of benzene rings is 5. The third kappa shape index (κ3) is 9.34. The average molecular weight is 809 g/mol. The van der Waals surface area contributed by atoms with Crippen LogP contribution in [0.4, 0.5) is 56.9 Å². The molecule has 5 aromatic carbocycles. The molecule has 0 N–H and O–H groups in total. The molecule has 5 aromatic rings. The molecule has 0 unspecified atom stereocenters. The summed E-state index contributed by atoms with van der Waals surface area (Å²) in [7, 11) is 0. The van der Waals surface area contributed by atoms with Crippen LogP contribution in [0.15, 0.2) is 121 Å². The molecular formula is C46H44N6O8. The molecule has 0 spiro atoms. The van der Waals surface area contributed by atoms with Gasteiger partial charge in [-0.2, -0.15) is 0 Å². The number of hydrogen-bond donors (Lipinski definition) is 0. The van der Waals surface area contributed by atoms with E-state index in [4.69, 9.17) is 0 Å². The number of rotatable bonds is 10. The summed E-state index contributed by atoms with van der Waals surface area (Å²) in [5, 5.41) is 0. The Morgan fingerprint density at radius 3 is 0.417 bits per heavy atom. The molecule has 5 rings (SSSR count). The Morgan fingerprint density at radius 1 is 0.217 bits per heavy atom. The number of imide groups is 4. The van der Waals surface area contributed by atoms with Crippen molar-refractivity contribution in [3.8, 4) is 0 Å². The van der Waals surface area contributed by atoms with Crippen molar-refractivity contribution in [3.05, 3.63) is 121 Å². The summed E-state index contributed by atoms with van der Waals surface area (Å²) in [6.45, 7) is 10.5. The first-order valence-corrected chi connectivity index (χ1v) is 18.8. The molecule has 306 valence electrons. The summed E-state index contributed by atoms with van der Waals surface area (Å²) in [6, 6.07) is 34.9. The van der Waals surface area contributed by atoms with Crippen molar-refractivity contribution in [2.45, 2.75) is 55.4 Å². The van der Waals surface area contributed by atoms with Crippen molar-refractivity contribution in [3.63, 3.8) is 0 Å². The van der Waals surface area contributed by atoms with E-state index in [0.717, 1.165) is 19.6 Å². The van der Waals surface area contributed by atoms with Crippen LogP contribution < -0.4 is 29.4 Å². The Morgan fingerprint density at radius 2 is 0.317 bits per heavy atom. The molecule has 8 amide bonds. The van der Waals surface area contributed by atoms with Gasteiger partial charge in [0.05, 0.1) is 22.7 Å². The second-order valence-electron chi connectivity index (χ2n) is 13.7. The summed E-state index contributed by atoms with van der Waals surface area (Å²) < 4.78 is 0. The van der Waals surface area contributed by atoms with Crippen LogP contribution in [0.3, 0.4) is 0 Å². The van der Waals surface area contributed by atoms with Crippen molar-refractivity contribution in [1.29, 1.82) is 0 Å². The zero-order chi connectivity index (χ0) is 44.0. The van der Waals surface area contributed by atoms with E-state index in [9.17, 15) is 38.4 Å². The highest BCUT2D eigenvalue weighted by atomic mass is 16.2. The van der Waals surface area contributed by atoms with Crippen LogP contribution in [0, 0.1) is 0 Å². The van der Waals surface area contributed by atoms with Gasteiger partial charge in [0.1, 0.15) is 0 Å². The van der Waals surface area contributed by atoms with Gasteiger partial charge in [0.25, 0.3) is 0 Å². The summed E-state index contributed by atoms with van der Waals surface area (Å²) in [5.41, 5.74) is 5.56. The SMILES string of the molecule is CC(=O)N(C(C)=O)c1ccc(N(c2ccc(N(C(C)=O)C(C)=O)cc2)c2ccc(N(c3ccc(N(C(C)=O)C(C)=O)cc3)c3ccc(N(C(C)=O)C(C)=O)cc3)cc2)cc1. The molecule has 0 radical (unpaired) electrons. The zero-order valence-corrected chi connectivity index (χ0v) is 34.5. The third-order valence-corrected chi connectivity index (χ3v) is 9.35. The molecule has 0 saturated heterocycles. The van der Waals surface area contributed by atoms with Crippen molar-refractivity contribution in [1.82, 2.24) is 0 Å². The van der Waals surface area contributed by atoms with Gasteiger partial charge in [0, 0.05) is 89.5 Å². The number of nitrogens with zero attached hydrogens (tertiary/aromatic N) is 6. The first-order chi connectivity index (χ1) is 28.4. The van der Waals surface area contributed by atoms with Crippen LogP contribution >= 0.6 is 0 Å². The van der Waals surface area contributed by atoms with Crippen LogP contribution in [0.2, 0.25) is 0 Å². The second kappa shape index (κ2) is 18.2. The van der Waals surface area contributed by atoms with Gasteiger partial charge in [0.15, 0.2) is 0 Å². The third-order valence-electron chi connectivity index (χ3n) is 9.35. The van der Waals surface area contributed by atoms with E-state index in [0.29, 0.717) is 56.9 Å². The molecule has 0 heterocycles. The quantitative estimate of drug-likeness (QED) is 0.135. The topological polar surface area (TPSA) is 156 Å². The van der Waals surface area contributed by atoms with Crippen LogP contribution in [-0.2, 0) is 38.4 Å². The van der Waals surface area contributed by atoms with Crippen molar-refractivity contribution < 1.29 is 38.4 Å². The average Bonchev–Trinajstić information content (AvgIpc) is 3.17. The number of anilines is 10. The van der Waals surface area contributed by atoms with Crippen molar-refractivity contribution in [2.75, 3.05) is 29.4 Å².